The maximum Gasteiger partial charge on any atom is 0.300 e. The fourth-order valence-electron chi connectivity index (χ4n) is 2.51. The molecule has 0 radical (unpaired) electrons. The van der Waals surface area contributed by atoms with Crippen molar-refractivity contribution in [2.24, 2.45) is 17.5 Å². The minimum absolute atomic E-state index is 0.214. The molecule has 1 aromatic heterocycles. The Kier molecular flexibility index (Phi) is 4.75. The molecule has 1 fully saturated rings. The van der Waals surface area contributed by atoms with E-state index in [0.717, 1.165) is 31.7 Å². The van der Waals surface area contributed by atoms with Crippen LogP contribution in [-0.2, 0) is 11.3 Å². The fraction of sp³-hybridized carbons (Fsp3) is 0.538. The van der Waals surface area contributed by atoms with E-state index in [2.05, 4.69) is 4.90 Å². The van der Waals surface area contributed by atoms with Gasteiger partial charge in [0.05, 0.1) is 6.54 Å². The first-order valence-corrected chi connectivity index (χ1v) is 6.69. The molecule has 0 aromatic carbocycles. The number of carbonyl (C=O) groups excluding carboxylic acids is 2. The van der Waals surface area contributed by atoms with E-state index in [4.69, 9.17) is 16.0 Å². The van der Waals surface area contributed by atoms with Crippen LogP contribution in [0.3, 0.4) is 0 Å². The Labute approximate surface area is 117 Å². The summed E-state index contributed by atoms with van der Waals surface area (Å²) in [7, 11) is 0. The van der Waals surface area contributed by atoms with E-state index in [1.54, 1.807) is 12.1 Å². The minimum atomic E-state index is -0.434. The van der Waals surface area contributed by atoms with Crippen LogP contribution in [0, 0.1) is 5.92 Å². The van der Waals surface area contributed by atoms with Crippen LogP contribution in [0.15, 0.2) is 16.5 Å². The van der Waals surface area contributed by atoms with Crippen molar-refractivity contribution in [3.05, 3.63) is 23.7 Å². The van der Waals surface area contributed by atoms with E-state index in [1.807, 2.05) is 5.43 Å². The number of nitrogen functional groups attached to an aromatic ring is 1. The van der Waals surface area contributed by atoms with Gasteiger partial charge in [0.1, 0.15) is 5.76 Å². The highest BCUT2D eigenvalue weighted by molar-refractivity contribution is 5.90. The molecule has 0 unspecified atom stereocenters. The second kappa shape index (κ2) is 6.53. The van der Waals surface area contributed by atoms with E-state index in [1.165, 1.54) is 0 Å². The summed E-state index contributed by atoms with van der Waals surface area (Å²) < 4.78 is 5.42. The molecular formula is C13H20N4O3. The largest absolute Gasteiger partial charge is 0.455 e. The van der Waals surface area contributed by atoms with Crippen molar-refractivity contribution in [3.63, 3.8) is 0 Å². The lowest BCUT2D eigenvalue weighted by molar-refractivity contribution is -0.119. The first-order chi connectivity index (χ1) is 9.58. The van der Waals surface area contributed by atoms with E-state index >= 15 is 0 Å². The monoisotopic (exact) mass is 280 g/mol. The Balaban J connectivity index is 1.82. The molecule has 2 amide bonds. The third-order valence-corrected chi connectivity index (χ3v) is 3.59. The topological polar surface area (TPSA) is 115 Å². The molecule has 110 valence electrons. The first-order valence-electron chi connectivity index (χ1n) is 6.69. The number of nitrogens with two attached hydrogens (primary N) is 2. The zero-order chi connectivity index (χ0) is 14.5. The summed E-state index contributed by atoms with van der Waals surface area (Å²) in [6.07, 6.45) is 2.38. The quantitative estimate of drug-likeness (QED) is 0.398. The number of primary amides is 1. The summed E-state index contributed by atoms with van der Waals surface area (Å²) in [5.41, 5.74) is 7.24. The maximum atomic E-state index is 11.3. The number of piperidine rings is 1. The number of furan rings is 1. The lowest BCUT2D eigenvalue weighted by Crippen LogP contribution is -2.34. The Morgan fingerprint density at radius 2 is 2.05 bits per heavy atom. The van der Waals surface area contributed by atoms with Gasteiger partial charge in [0.15, 0.2) is 5.76 Å². The second-order valence-electron chi connectivity index (χ2n) is 5.13. The molecule has 0 bridgehead atoms. The molecule has 2 rings (SSSR count). The molecule has 7 nitrogen and oxygen atoms in total. The predicted molar refractivity (Wildman–Crippen MR) is 72.2 cm³/mol. The van der Waals surface area contributed by atoms with Crippen molar-refractivity contribution in [2.75, 3.05) is 13.1 Å². The zero-order valence-corrected chi connectivity index (χ0v) is 11.3. The third-order valence-electron chi connectivity index (χ3n) is 3.59. The number of nitrogens with one attached hydrogen (secondary N) is 1. The highest BCUT2D eigenvalue weighted by Crippen LogP contribution is 2.22. The number of hydrazine groups is 1. The second-order valence-corrected chi connectivity index (χ2v) is 5.13. The minimum Gasteiger partial charge on any atom is -0.455 e. The number of rotatable bonds is 5. The molecule has 1 saturated heterocycles. The van der Waals surface area contributed by atoms with Gasteiger partial charge in [-0.2, -0.15) is 0 Å². The highest BCUT2D eigenvalue weighted by Gasteiger charge is 2.21. The number of amides is 2. The molecule has 7 heteroatoms. The van der Waals surface area contributed by atoms with Crippen LogP contribution in [-0.4, -0.2) is 29.8 Å². The van der Waals surface area contributed by atoms with Gasteiger partial charge in [0.25, 0.3) is 0 Å². The van der Waals surface area contributed by atoms with E-state index in [-0.39, 0.29) is 11.7 Å². The molecule has 1 aliphatic heterocycles. The molecule has 1 aliphatic rings. The number of hydrogen-bond donors (Lipinski definition) is 3. The molecule has 20 heavy (non-hydrogen) atoms. The lowest BCUT2D eigenvalue weighted by atomic mass is 9.93. The normalized spacial score (nSPS) is 17.1. The SMILES string of the molecule is NNC(=O)c1ccc(CN2CCC(CC(N)=O)CC2)o1. The standard InChI is InChI=1S/C13H20N4O3/c14-12(18)7-9-3-5-17(6-4-9)8-10-1-2-11(20-10)13(19)16-15/h1-2,9H,3-8,15H2,(H2,14,18)(H,16,19). The average molecular weight is 280 g/mol. The van der Waals surface area contributed by atoms with E-state index in [0.29, 0.717) is 18.9 Å². The van der Waals surface area contributed by atoms with Gasteiger partial charge in [-0.15, -0.1) is 0 Å². The lowest BCUT2D eigenvalue weighted by Gasteiger charge is -2.30. The zero-order valence-electron chi connectivity index (χ0n) is 11.3. The molecule has 0 aliphatic carbocycles. The number of nitrogens with zero attached hydrogens (tertiary/aromatic N) is 1. The van der Waals surface area contributed by atoms with E-state index < -0.39 is 5.91 Å². The molecule has 0 saturated carbocycles. The molecule has 0 spiro atoms. The van der Waals surface area contributed by atoms with Crippen molar-refractivity contribution >= 4 is 11.8 Å². The van der Waals surface area contributed by atoms with Crippen LogP contribution in [0.5, 0.6) is 0 Å². The summed E-state index contributed by atoms with van der Waals surface area (Å²) in [5.74, 6) is 5.72. The van der Waals surface area contributed by atoms with Crippen molar-refractivity contribution < 1.29 is 14.0 Å². The Morgan fingerprint density at radius 3 is 2.65 bits per heavy atom. The van der Waals surface area contributed by atoms with Crippen LogP contribution in [0.1, 0.15) is 35.6 Å². The van der Waals surface area contributed by atoms with Gasteiger partial charge in [-0.3, -0.25) is 19.9 Å². The number of hydrogen-bond acceptors (Lipinski definition) is 5. The molecular weight excluding hydrogens is 260 g/mol. The van der Waals surface area contributed by atoms with Crippen LogP contribution in [0.25, 0.3) is 0 Å². The number of likely N-dealkylation sites (tertiary alicyclic amines) is 1. The van der Waals surface area contributed by atoms with Gasteiger partial charge < -0.3 is 10.2 Å². The highest BCUT2D eigenvalue weighted by atomic mass is 16.4. The fourth-order valence-corrected chi connectivity index (χ4v) is 2.51. The van der Waals surface area contributed by atoms with Crippen molar-refractivity contribution in [1.29, 1.82) is 0 Å². The van der Waals surface area contributed by atoms with Crippen molar-refractivity contribution in [3.8, 4) is 0 Å². The maximum absolute atomic E-state index is 11.3. The molecule has 1 aromatic rings. The van der Waals surface area contributed by atoms with Crippen molar-refractivity contribution in [2.45, 2.75) is 25.8 Å². The Bertz CT molecular complexity index is 478. The summed E-state index contributed by atoms with van der Waals surface area (Å²) in [4.78, 5) is 24.4. The first kappa shape index (κ1) is 14.5. The van der Waals surface area contributed by atoms with Gasteiger partial charge in [-0.1, -0.05) is 0 Å². The van der Waals surface area contributed by atoms with Crippen LogP contribution in [0.2, 0.25) is 0 Å². The van der Waals surface area contributed by atoms with Gasteiger partial charge in [0, 0.05) is 6.42 Å². The van der Waals surface area contributed by atoms with Crippen LogP contribution < -0.4 is 17.0 Å². The molecule has 5 N–H and O–H groups in total. The van der Waals surface area contributed by atoms with Crippen LogP contribution >= 0.6 is 0 Å². The molecule has 0 atom stereocenters. The van der Waals surface area contributed by atoms with Crippen molar-refractivity contribution in [1.82, 2.24) is 10.3 Å². The number of carbonyl (C=O) groups is 2. The van der Waals surface area contributed by atoms with Gasteiger partial charge >= 0.3 is 5.91 Å². The summed E-state index contributed by atoms with van der Waals surface area (Å²) >= 11 is 0. The van der Waals surface area contributed by atoms with Crippen LogP contribution in [0.4, 0.5) is 0 Å². The Hall–Kier alpha value is -1.86. The summed E-state index contributed by atoms with van der Waals surface area (Å²) in [6, 6.07) is 3.39. The Morgan fingerprint density at radius 1 is 1.35 bits per heavy atom. The molecule has 2 heterocycles. The van der Waals surface area contributed by atoms with Gasteiger partial charge in [0.2, 0.25) is 5.91 Å². The van der Waals surface area contributed by atoms with E-state index in [9.17, 15) is 9.59 Å². The van der Waals surface area contributed by atoms with Gasteiger partial charge in [-0.25, -0.2) is 5.84 Å². The van der Waals surface area contributed by atoms with Gasteiger partial charge in [-0.05, 0) is 44.0 Å². The summed E-state index contributed by atoms with van der Waals surface area (Å²) in [6.45, 7) is 2.45. The third kappa shape index (κ3) is 3.82. The smallest absolute Gasteiger partial charge is 0.300 e. The summed E-state index contributed by atoms with van der Waals surface area (Å²) in [5, 5.41) is 0. The average Bonchev–Trinajstić information content (AvgIpc) is 2.88. The predicted octanol–water partition coefficient (Wildman–Crippen LogP) is -0.0295.